The Morgan fingerprint density at radius 3 is 2.60 bits per heavy atom. The van der Waals surface area contributed by atoms with Crippen LogP contribution < -0.4 is 5.32 Å². The van der Waals surface area contributed by atoms with E-state index in [0.29, 0.717) is 13.0 Å². The van der Waals surface area contributed by atoms with Crippen molar-refractivity contribution in [2.75, 3.05) is 6.54 Å². The van der Waals surface area contributed by atoms with E-state index >= 15 is 0 Å². The first-order valence-corrected chi connectivity index (χ1v) is 7.15. The third-order valence-electron chi connectivity index (χ3n) is 2.82. The average molecular weight is 385 g/mol. The third kappa shape index (κ3) is 3.93. The maximum absolute atomic E-state index is 12.7. The molecule has 0 fully saturated rings. The van der Waals surface area contributed by atoms with Crippen LogP contribution in [0.4, 0.5) is 4.39 Å². The fourth-order valence-corrected chi connectivity index (χ4v) is 2.25. The molecule has 0 aliphatic heterocycles. The van der Waals surface area contributed by atoms with Crippen molar-refractivity contribution in [2.45, 2.75) is 6.42 Å². The first-order chi connectivity index (χ1) is 9.56. The Kier molecular flexibility index (Phi) is 4.94. The molecule has 0 aliphatic rings. The van der Waals surface area contributed by atoms with E-state index in [-0.39, 0.29) is 23.0 Å². The summed E-state index contributed by atoms with van der Waals surface area (Å²) in [6, 6.07) is 11.0. The highest BCUT2D eigenvalue weighted by atomic mass is 127. The second-order valence-corrected chi connectivity index (χ2v) is 5.54. The topological polar surface area (TPSA) is 49.3 Å². The highest BCUT2D eigenvalue weighted by molar-refractivity contribution is 14.1. The number of rotatable bonds is 4. The van der Waals surface area contributed by atoms with Crippen molar-refractivity contribution < 1.29 is 14.3 Å². The molecule has 0 saturated carbocycles. The van der Waals surface area contributed by atoms with Gasteiger partial charge in [0.1, 0.15) is 11.6 Å². The summed E-state index contributed by atoms with van der Waals surface area (Å²) in [6.45, 7) is 0.426. The van der Waals surface area contributed by atoms with E-state index in [4.69, 9.17) is 0 Å². The Labute approximate surface area is 130 Å². The molecule has 3 nitrogen and oxygen atoms in total. The van der Waals surface area contributed by atoms with Gasteiger partial charge in [-0.15, -0.1) is 0 Å². The molecule has 2 aromatic carbocycles. The summed E-state index contributed by atoms with van der Waals surface area (Å²) in [5.74, 6) is -0.630. The standard InChI is InChI=1S/C15H13FINO2/c16-11-3-1-10(2-4-11)7-8-18-15(20)13-9-12(17)5-6-14(13)19/h1-6,9,19H,7-8H2,(H,18,20). The van der Waals surface area contributed by atoms with E-state index in [1.165, 1.54) is 18.2 Å². The van der Waals surface area contributed by atoms with Crippen LogP contribution in [0, 0.1) is 9.39 Å². The number of phenolic OH excluding ortho intramolecular Hbond substituents is 1. The number of phenols is 1. The minimum Gasteiger partial charge on any atom is -0.507 e. The summed E-state index contributed by atoms with van der Waals surface area (Å²) >= 11 is 2.08. The second kappa shape index (κ2) is 6.69. The summed E-state index contributed by atoms with van der Waals surface area (Å²) in [5.41, 5.74) is 1.20. The molecule has 2 N–H and O–H groups in total. The van der Waals surface area contributed by atoms with Crippen LogP contribution in [0.15, 0.2) is 42.5 Å². The van der Waals surface area contributed by atoms with Gasteiger partial charge >= 0.3 is 0 Å². The number of carbonyl (C=O) groups excluding carboxylic acids is 1. The first-order valence-electron chi connectivity index (χ1n) is 6.07. The van der Waals surface area contributed by atoms with Crippen molar-refractivity contribution in [1.82, 2.24) is 5.32 Å². The normalized spacial score (nSPS) is 10.3. The Morgan fingerprint density at radius 1 is 1.20 bits per heavy atom. The van der Waals surface area contributed by atoms with E-state index in [2.05, 4.69) is 27.9 Å². The minimum atomic E-state index is -0.317. The fourth-order valence-electron chi connectivity index (χ4n) is 1.76. The molecule has 2 aromatic rings. The summed E-state index contributed by atoms with van der Waals surface area (Å²) < 4.78 is 13.6. The molecule has 0 bridgehead atoms. The Balaban J connectivity index is 1.92. The molecular formula is C15H13FINO2. The maximum Gasteiger partial charge on any atom is 0.255 e. The van der Waals surface area contributed by atoms with Gasteiger partial charge in [0.15, 0.2) is 0 Å². The maximum atomic E-state index is 12.7. The number of hydrogen-bond donors (Lipinski definition) is 2. The highest BCUT2D eigenvalue weighted by Gasteiger charge is 2.10. The summed E-state index contributed by atoms with van der Waals surface area (Å²) in [4.78, 5) is 11.9. The molecular weight excluding hydrogens is 372 g/mol. The van der Waals surface area contributed by atoms with Gasteiger partial charge in [-0.25, -0.2) is 4.39 Å². The van der Waals surface area contributed by atoms with Crippen molar-refractivity contribution in [1.29, 1.82) is 0 Å². The zero-order chi connectivity index (χ0) is 14.5. The van der Waals surface area contributed by atoms with Crippen LogP contribution in [-0.2, 0) is 6.42 Å². The summed E-state index contributed by atoms with van der Waals surface area (Å²) in [6.07, 6.45) is 0.608. The van der Waals surface area contributed by atoms with Crippen LogP contribution in [0.1, 0.15) is 15.9 Å². The lowest BCUT2D eigenvalue weighted by molar-refractivity contribution is 0.0951. The molecule has 0 heterocycles. The fraction of sp³-hybridized carbons (Fsp3) is 0.133. The Hall–Kier alpha value is -1.63. The second-order valence-electron chi connectivity index (χ2n) is 4.29. The van der Waals surface area contributed by atoms with Crippen LogP contribution in [0.25, 0.3) is 0 Å². The van der Waals surface area contributed by atoms with E-state index in [9.17, 15) is 14.3 Å². The lowest BCUT2D eigenvalue weighted by Crippen LogP contribution is -2.25. The van der Waals surface area contributed by atoms with Crippen LogP contribution in [0.3, 0.4) is 0 Å². The molecule has 0 saturated heterocycles. The van der Waals surface area contributed by atoms with Crippen LogP contribution in [0.5, 0.6) is 5.75 Å². The minimum absolute atomic E-state index is 0.0373. The number of carbonyl (C=O) groups is 1. The average Bonchev–Trinajstić information content (AvgIpc) is 2.43. The van der Waals surface area contributed by atoms with E-state index < -0.39 is 0 Å². The predicted molar refractivity (Wildman–Crippen MR) is 83.3 cm³/mol. The first kappa shape index (κ1) is 14.8. The lowest BCUT2D eigenvalue weighted by atomic mass is 10.1. The van der Waals surface area contributed by atoms with E-state index in [0.717, 1.165) is 9.13 Å². The Bertz CT molecular complexity index is 614. The molecule has 0 aromatic heterocycles. The number of aromatic hydroxyl groups is 1. The quantitative estimate of drug-likeness (QED) is 0.795. The van der Waals surface area contributed by atoms with Crippen molar-refractivity contribution >= 4 is 28.5 Å². The van der Waals surface area contributed by atoms with Gasteiger partial charge in [0.25, 0.3) is 5.91 Å². The molecule has 0 aliphatic carbocycles. The zero-order valence-electron chi connectivity index (χ0n) is 10.6. The summed E-state index contributed by atoms with van der Waals surface area (Å²) in [5, 5.41) is 12.4. The highest BCUT2D eigenvalue weighted by Crippen LogP contribution is 2.19. The monoisotopic (exact) mass is 385 g/mol. The van der Waals surface area contributed by atoms with Gasteiger partial charge in [-0.1, -0.05) is 12.1 Å². The molecule has 0 atom stereocenters. The van der Waals surface area contributed by atoms with Gasteiger partial charge in [-0.3, -0.25) is 4.79 Å². The van der Waals surface area contributed by atoms with E-state index in [1.807, 2.05) is 0 Å². The molecule has 5 heteroatoms. The van der Waals surface area contributed by atoms with E-state index in [1.54, 1.807) is 24.3 Å². The van der Waals surface area contributed by atoms with Gasteiger partial charge in [-0.2, -0.15) is 0 Å². The predicted octanol–water partition coefficient (Wildman–Crippen LogP) is 3.11. The molecule has 1 amide bonds. The van der Waals surface area contributed by atoms with Gasteiger partial charge in [0.2, 0.25) is 0 Å². The van der Waals surface area contributed by atoms with Crippen LogP contribution in [0.2, 0.25) is 0 Å². The van der Waals surface area contributed by atoms with Crippen molar-refractivity contribution in [3.05, 3.63) is 63.0 Å². The molecule has 0 spiro atoms. The smallest absolute Gasteiger partial charge is 0.255 e. The van der Waals surface area contributed by atoms with Crippen LogP contribution in [-0.4, -0.2) is 17.6 Å². The van der Waals surface area contributed by atoms with Crippen molar-refractivity contribution in [3.8, 4) is 5.75 Å². The number of hydrogen-bond acceptors (Lipinski definition) is 2. The van der Waals surface area contributed by atoms with Gasteiger partial charge in [-0.05, 0) is 64.9 Å². The molecule has 20 heavy (non-hydrogen) atoms. The van der Waals surface area contributed by atoms with Gasteiger partial charge in [0, 0.05) is 10.1 Å². The largest absolute Gasteiger partial charge is 0.507 e. The molecule has 0 unspecified atom stereocenters. The van der Waals surface area contributed by atoms with Gasteiger partial charge < -0.3 is 10.4 Å². The molecule has 2 rings (SSSR count). The Morgan fingerprint density at radius 2 is 1.90 bits per heavy atom. The van der Waals surface area contributed by atoms with Gasteiger partial charge in [0.05, 0.1) is 5.56 Å². The molecule has 0 radical (unpaired) electrons. The summed E-state index contributed by atoms with van der Waals surface area (Å²) in [7, 11) is 0. The number of benzene rings is 2. The molecule has 104 valence electrons. The third-order valence-corrected chi connectivity index (χ3v) is 3.49. The number of amides is 1. The number of nitrogens with one attached hydrogen (secondary N) is 1. The van der Waals surface area contributed by atoms with Crippen molar-refractivity contribution in [3.63, 3.8) is 0 Å². The lowest BCUT2D eigenvalue weighted by Gasteiger charge is -2.07. The zero-order valence-corrected chi connectivity index (χ0v) is 12.7. The van der Waals surface area contributed by atoms with Crippen LogP contribution >= 0.6 is 22.6 Å². The number of halogens is 2. The SMILES string of the molecule is O=C(NCCc1ccc(F)cc1)c1cc(I)ccc1O. The van der Waals surface area contributed by atoms with Crippen molar-refractivity contribution in [2.24, 2.45) is 0 Å².